The fraction of sp³-hybridized carbons (Fsp3) is 0.259. The first kappa shape index (κ1) is 21.2. The molecule has 1 N–H and O–H groups in total. The van der Waals surface area contributed by atoms with E-state index in [0.717, 1.165) is 35.3 Å². The van der Waals surface area contributed by atoms with Crippen molar-refractivity contribution in [2.24, 2.45) is 0 Å². The van der Waals surface area contributed by atoms with E-state index in [9.17, 15) is 4.79 Å². The Hall–Kier alpha value is -3.64. The zero-order valence-corrected chi connectivity index (χ0v) is 18.8. The molecule has 1 saturated heterocycles. The lowest BCUT2D eigenvalue weighted by Crippen LogP contribution is -2.51. The first-order valence-electron chi connectivity index (χ1n) is 11.4. The lowest BCUT2D eigenvalue weighted by atomic mass is 10.1. The number of nitrogens with zero attached hydrogens (tertiary/aromatic N) is 3. The quantitative estimate of drug-likeness (QED) is 0.483. The monoisotopic (exact) mass is 440 g/mol. The van der Waals surface area contributed by atoms with Crippen molar-refractivity contribution in [2.45, 2.75) is 20.0 Å². The summed E-state index contributed by atoms with van der Waals surface area (Å²) in [5.41, 5.74) is 6.31. The number of amides is 2. The lowest BCUT2D eigenvalue weighted by Gasteiger charge is -2.34. The van der Waals surface area contributed by atoms with Crippen molar-refractivity contribution in [3.63, 3.8) is 0 Å². The molecule has 0 saturated carbocycles. The molecule has 6 heteroatoms. The molecule has 168 valence electrons. The van der Waals surface area contributed by atoms with E-state index in [-0.39, 0.29) is 6.03 Å². The van der Waals surface area contributed by atoms with E-state index in [0.29, 0.717) is 32.1 Å². The Bertz CT molecular complexity index is 1230. The summed E-state index contributed by atoms with van der Waals surface area (Å²) >= 11 is 0. The van der Waals surface area contributed by atoms with Crippen LogP contribution in [0.2, 0.25) is 0 Å². The van der Waals surface area contributed by atoms with Crippen molar-refractivity contribution in [1.29, 1.82) is 0 Å². The van der Waals surface area contributed by atoms with Crippen molar-refractivity contribution in [2.75, 3.05) is 26.2 Å². The molecule has 0 spiro atoms. The van der Waals surface area contributed by atoms with E-state index in [1.165, 1.54) is 11.1 Å². The van der Waals surface area contributed by atoms with Gasteiger partial charge in [-0.1, -0.05) is 66.2 Å². The minimum Gasteiger partial charge on any atom is -0.439 e. The van der Waals surface area contributed by atoms with Gasteiger partial charge in [0.1, 0.15) is 5.52 Å². The number of carbonyl (C=O) groups excluding carboxylic acids is 1. The molecule has 33 heavy (non-hydrogen) atoms. The van der Waals surface area contributed by atoms with E-state index in [1.807, 2.05) is 29.2 Å². The highest BCUT2D eigenvalue weighted by molar-refractivity contribution is 5.80. The van der Waals surface area contributed by atoms with E-state index in [2.05, 4.69) is 65.7 Å². The third-order valence-electron chi connectivity index (χ3n) is 6.12. The minimum absolute atomic E-state index is 0.00877. The first-order chi connectivity index (χ1) is 16.1. The molecule has 0 radical (unpaired) electrons. The Kier molecular flexibility index (Phi) is 6.09. The van der Waals surface area contributed by atoms with Crippen molar-refractivity contribution in [1.82, 2.24) is 20.1 Å². The van der Waals surface area contributed by atoms with Gasteiger partial charge in [-0.15, -0.1) is 0 Å². The van der Waals surface area contributed by atoms with Gasteiger partial charge in [-0.3, -0.25) is 4.90 Å². The molecular weight excluding hydrogens is 412 g/mol. The van der Waals surface area contributed by atoms with Gasteiger partial charge >= 0.3 is 6.03 Å². The summed E-state index contributed by atoms with van der Waals surface area (Å²) in [4.78, 5) is 21.4. The number of aromatic nitrogens is 1. The maximum atomic E-state index is 12.5. The van der Waals surface area contributed by atoms with Gasteiger partial charge < -0.3 is 14.6 Å². The van der Waals surface area contributed by atoms with Gasteiger partial charge in [0.2, 0.25) is 5.89 Å². The second-order valence-corrected chi connectivity index (χ2v) is 8.56. The number of benzene rings is 3. The molecule has 0 aliphatic carbocycles. The lowest BCUT2D eigenvalue weighted by molar-refractivity contribution is 0.129. The second kappa shape index (κ2) is 9.46. The van der Waals surface area contributed by atoms with Crippen LogP contribution in [0.4, 0.5) is 4.79 Å². The van der Waals surface area contributed by atoms with Gasteiger partial charge in [0.25, 0.3) is 0 Å². The number of fused-ring (bicyclic) bond motifs is 1. The number of hydrogen-bond acceptors (Lipinski definition) is 4. The molecule has 6 nitrogen and oxygen atoms in total. The number of rotatable bonds is 5. The van der Waals surface area contributed by atoms with Crippen LogP contribution in [0.15, 0.2) is 77.2 Å². The van der Waals surface area contributed by atoms with E-state index >= 15 is 0 Å². The molecule has 1 aliphatic rings. The van der Waals surface area contributed by atoms with Crippen LogP contribution in [0, 0.1) is 6.92 Å². The molecule has 0 bridgehead atoms. The highest BCUT2D eigenvalue weighted by Crippen LogP contribution is 2.25. The summed E-state index contributed by atoms with van der Waals surface area (Å²) in [5.74, 6) is 0.715. The zero-order valence-electron chi connectivity index (χ0n) is 18.8. The van der Waals surface area contributed by atoms with Crippen LogP contribution in [-0.4, -0.2) is 47.0 Å². The number of hydrogen-bond donors (Lipinski definition) is 1. The summed E-state index contributed by atoms with van der Waals surface area (Å²) in [5, 5.41) is 3.03. The minimum atomic E-state index is -0.00877. The maximum Gasteiger partial charge on any atom is 0.317 e. The average molecular weight is 441 g/mol. The fourth-order valence-corrected chi connectivity index (χ4v) is 4.15. The summed E-state index contributed by atoms with van der Waals surface area (Å²) in [6.45, 7) is 6.24. The molecular formula is C27H28N4O2. The molecule has 4 aromatic rings. The van der Waals surface area contributed by atoms with Crippen molar-refractivity contribution < 1.29 is 9.21 Å². The van der Waals surface area contributed by atoms with Crippen LogP contribution >= 0.6 is 0 Å². The number of oxazole rings is 1. The summed E-state index contributed by atoms with van der Waals surface area (Å²) in [6, 6.07) is 24.6. The van der Waals surface area contributed by atoms with Crippen LogP contribution in [-0.2, 0) is 13.1 Å². The topological polar surface area (TPSA) is 61.6 Å². The Labute approximate surface area is 193 Å². The van der Waals surface area contributed by atoms with E-state index in [1.54, 1.807) is 0 Å². The summed E-state index contributed by atoms with van der Waals surface area (Å²) in [6.07, 6.45) is 0. The van der Waals surface area contributed by atoms with Gasteiger partial charge in [-0.2, -0.15) is 0 Å². The largest absolute Gasteiger partial charge is 0.439 e. The van der Waals surface area contributed by atoms with Crippen LogP contribution in [0.3, 0.4) is 0 Å². The standard InChI is InChI=1S/C27H28N4O2/c1-20-7-9-21(10-8-20)18-28-27(32)31-15-13-30(14-16-31)19-26-29-24-17-23(11-12-25(24)33-26)22-5-3-2-4-6-22/h2-12,17H,13-16,18-19H2,1H3,(H,28,32). The Balaban J connectivity index is 1.14. The second-order valence-electron chi connectivity index (χ2n) is 8.56. The molecule has 1 fully saturated rings. The molecule has 3 aromatic carbocycles. The molecule has 2 heterocycles. The average Bonchev–Trinajstić information content (AvgIpc) is 3.26. The number of nitrogens with one attached hydrogen (secondary N) is 1. The SMILES string of the molecule is Cc1ccc(CNC(=O)N2CCN(Cc3nc4cc(-c5ccccc5)ccc4o3)CC2)cc1. The van der Waals surface area contributed by atoms with Crippen LogP contribution in [0.1, 0.15) is 17.0 Å². The third-order valence-corrected chi connectivity index (χ3v) is 6.12. The fourth-order valence-electron chi connectivity index (χ4n) is 4.15. The molecule has 1 aliphatic heterocycles. The predicted octanol–water partition coefficient (Wildman–Crippen LogP) is 4.83. The molecule has 5 rings (SSSR count). The van der Waals surface area contributed by atoms with Gasteiger partial charge in [0, 0.05) is 32.7 Å². The third kappa shape index (κ3) is 5.07. The number of aryl methyl sites for hydroxylation is 1. The van der Waals surface area contributed by atoms with Gasteiger partial charge in [0.05, 0.1) is 6.54 Å². The normalized spacial score (nSPS) is 14.5. The van der Waals surface area contributed by atoms with E-state index < -0.39 is 0 Å². The van der Waals surface area contributed by atoms with Crippen molar-refractivity contribution >= 4 is 17.1 Å². The highest BCUT2D eigenvalue weighted by Gasteiger charge is 2.22. The van der Waals surface area contributed by atoms with Crippen LogP contribution < -0.4 is 5.32 Å². The molecule has 0 atom stereocenters. The Morgan fingerprint density at radius 3 is 2.45 bits per heavy atom. The smallest absolute Gasteiger partial charge is 0.317 e. The number of urea groups is 1. The Morgan fingerprint density at radius 2 is 1.70 bits per heavy atom. The first-order valence-corrected chi connectivity index (χ1v) is 11.4. The van der Waals surface area contributed by atoms with E-state index in [4.69, 9.17) is 9.40 Å². The summed E-state index contributed by atoms with van der Waals surface area (Å²) in [7, 11) is 0. The number of carbonyl (C=O) groups is 1. The van der Waals surface area contributed by atoms with Crippen molar-refractivity contribution in [3.05, 3.63) is 89.8 Å². The summed E-state index contributed by atoms with van der Waals surface area (Å²) < 4.78 is 5.99. The van der Waals surface area contributed by atoms with Crippen LogP contribution in [0.5, 0.6) is 0 Å². The maximum absolute atomic E-state index is 12.5. The highest BCUT2D eigenvalue weighted by atomic mass is 16.3. The zero-order chi connectivity index (χ0) is 22.6. The van der Waals surface area contributed by atoms with Crippen LogP contribution in [0.25, 0.3) is 22.2 Å². The molecule has 2 amide bonds. The number of piperazine rings is 1. The Morgan fingerprint density at radius 1 is 0.939 bits per heavy atom. The van der Waals surface area contributed by atoms with Gasteiger partial charge in [-0.25, -0.2) is 9.78 Å². The molecule has 1 aromatic heterocycles. The van der Waals surface area contributed by atoms with Gasteiger partial charge in [-0.05, 0) is 35.7 Å². The van der Waals surface area contributed by atoms with Crippen molar-refractivity contribution in [3.8, 4) is 11.1 Å². The predicted molar refractivity (Wildman–Crippen MR) is 130 cm³/mol. The molecule has 0 unspecified atom stereocenters. The van der Waals surface area contributed by atoms with Gasteiger partial charge in [0.15, 0.2) is 5.58 Å².